The maximum atomic E-state index is 12.8. The highest BCUT2D eigenvalue weighted by molar-refractivity contribution is 7.89. The third-order valence-electron chi connectivity index (χ3n) is 5.04. The molecule has 0 aliphatic carbocycles. The molecule has 1 aliphatic heterocycles. The van der Waals surface area contributed by atoms with Gasteiger partial charge in [0.1, 0.15) is 0 Å². The zero-order valence-electron chi connectivity index (χ0n) is 16.1. The van der Waals surface area contributed by atoms with Gasteiger partial charge in [-0.2, -0.15) is 4.31 Å². The lowest BCUT2D eigenvalue weighted by molar-refractivity contribution is 0.0937. The molecule has 1 aliphatic rings. The molecule has 1 saturated heterocycles. The van der Waals surface area contributed by atoms with Crippen LogP contribution in [0.1, 0.15) is 50.4 Å². The van der Waals surface area contributed by atoms with Crippen molar-refractivity contribution >= 4 is 15.9 Å². The van der Waals surface area contributed by atoms with Crippen molar-refractivity contribution in [2.24, 2.45) is 0 Å². The molecule has 146 valence electrons. The highest BCUT2D eigenvalue weighted by Crippen LogP contribution is 2.21. The number of likely N-dealkylation sites (N-methyl/N-ethyl adjacent to an activating group) is 1. The molecule has 0 spiro atoms. The molecule has 26 heavy (non-hydrogen) atoms. The highest BCUT2D eigenvalue weighted by atomic mass is 32.2. The summed E-state index contributed by atoms with van der Waals surface area (Å²) in [5, 5.41) is 2.92. The van der Waals surface area contributed by atoms with Gasteiger partial charge in [-0.05, 0) is 51.1 Å². The molecule has 0 radical (unpaired) electrons. The smallest absolute Gasteiger partial charge is 0.251 e. The van der Waals surface area contributed by atoms with Crippen LogP contribution in [0.3, 0.4) is 0 Å². The van der Waals surface area contributed by atoms with E-state index < -0.39 is 10.0 Å². The third-order valence-corrected chi connectivity index (χ3v) is 6.94. The van der Waals surface area contributed by atoms with Gasteiger partial charge < -0.3 is 5.32 Å². The normalized spacial score (nSPS) is 17.2. The highest BCUT2D eigenvalue weighted by Gasteiger charge is 2.26. The summed E-state index contributed by atoms with van der Waals surface area (Å²) in [5.74, 6) is -0.236. The summed E-state index contributed by atoms with van der Waals surface area (Å²) in [6.45, 7) is 9.76. The third kappa shape index (κ3) is 5.05. The fraction of sp³-hybridized carbons (Fsp3) is 0.632. The van der Waals surface area contributed by atoms with Gasteiger partial charge in [0.15, 0.2) is 0 Å². The lowest BCUT2D eigenvalue weighted by atomic mass is 10.2. The Morgan fingerprint density at radius 2 is 1.85 bits per heavy atom. The molecule has 0 aromatic heterocycles. The second-order valence-corrected chi connectivity index (χ2v) is 8.71. The zero-order chi connectivity index (χ0) is 19.2. The molecule has 1 fully saturated rings. The molecule has 1 amide bonds. The first-order valence-electron chi connectivity index (χ1n) is 9.52. The number of carbonyl (C=O) groups excluding carboxylic acids is 1. The second-order valence-electron chi connectivity index (χ2n) is 6.77. The van der Waals surface area contributed by atoms with E-state index in [-0.39, 0.29) is 16.8 Å². The van der Waals surface area contributed by atoms with E-state index in [9.17, 15) is 13.2 Å². The van der Waals surface area contributed by atoms with Crippen LogP contribution < -0.4 is 5.32 Å². The van der Waals surface area contributed by atoms with E-state index in [1.54, 1.807) is 18.2 Å². The van der Waals surface area contributed by atoms with Crippen molar-refractivity contribution in [3.63, 3.8) is 0 Å². The second kappa shape index (κ2) is 9.48. The number of nitrogens with one attached hydrogen (secondary N) is 1. The Labute approximate surface area is 157 Å². The Hall–Kier alpha value is -1.44. The Balaban J connectivity index is 2.07. The Morgan fingerprint density at radius 3 is 2.46 bits per heavy atom. The summed E-state index contributed by atoms with van der Waals surface area (Å²) in [6.07, 6.45) is 2.85. The van der Waals surface area contributed by atoms with E-state index in [2.05, 4.69) is 31.0 Å². The summed E-state index contributed by atoms with van der Waals surface area (Å²) in [5.41, 5.74) is 0.384. The molecule has 6 nitrogen and oxygen atoms in total. The lowest BCUT2D eigenvalue weighted by Crippen LogP contribution is -2.42. The fourth-order valence-corrected chi connectivity index (χ4v) is 4.93. The average Bonchev–Trinajstić information content (AvgIpc) is 2.67. The number of benzene rings is 1. The maximum absolute atomic E-state index is 12.8. The molecule has 1 N–H and O–H groups in total. The predicted molar refractivity (Wildman–Crippen MR) is 104 cm³/mol. The van der Waals surface area contributed by atoms with Crippen molar-refractivity contribution in [2.45, 2.75) is 51.0 Å². The largest absolute Gasteiger partial charge is 0.350 e. The van der Waals surface area contributed by atoms with Crippen molar-refractivity contribution in [2.75, 3.05) is 32.7 Å². The van der Waals surface area contributed by atoms with Gasteiger partial charge in [0.2, 0.25) is 10.0 Å². The summed E-state index contributed by atoms with van der Waals surface area (Å²) in [4.78, 5) is 14.9. The first kappa shape index (κ1) is 20.9. The van der Waals surface area contributed by atoms with Crippen molar-refractivity contribution < 1.29 is 13.2 Å². The monoisotopic (exact) mass is 381 g/mol. The fourth-order valence-electron chi connectivity index (χ4n) is 3.37. The number of carbonyl (C=O) groups is 1. The molecule has 1 aromatic carbocycles. The van der Waals surface area contributed by atoms with Gasteiger partial charge in [0.05, 0.1) is 4.90 Å². The number of rotatable bonds is 8. The zero-order valence-corrected chi connectivity index (χ0v) is 16.9. The van der Waals surface area contributed by atoms with E-state index in [1.165, 1.54) is 10.4 Å². The summed E-state index contributed by atoms with van der Waals surface area (Å²) < 4.78 is 27.1. The van der Waals surface area contributed by atoms with Gasteiger partial charge in [0.25, 0.3) is 5.91 Å². The molecule has 1 unspecified atom stereocenters. The number of piperidine rings is 1. The Morgan fingerprint density at radius 1 is 1.19 bits per heavy atom. The van der Waals surface area contributed by atoms with Gasteiger partial charge in [-0.25, -0.2) is 8.42 Å². The van der Waals surface area contributed by atoms with E-state index >= 15 is 0 Å². The molecule has 1 aromatic rings. The van der Waals surface area contributed by atoms with E-state index in [0.29, 0.717) is 25.2 Å². The molecule has 2 rings (SSSR count). The molecule has 0 saturated carbocycles. The molecule has 1 heterocycles. The van der Waals surface area contributed by atoms with Crippen LogP contribution in [-0.2, 0) is 10.0 Å². The first-order chi connectivity index (χ1) is 12.4. The topological polar surface area (TPSA) is 69.7 Å². The predicted octanol–water partition coefficient (Wildman–Crippen LogP) is 2.32. The van der Waals surface area contributed by atoms with Crippen LogP contribution in [0.5, 0.6) is 0 Å². The van der Waals surface area contributed by atoms with Crippen molar-refractivity contribution in [3.8, 4) is 0 Å². The van der Waals surface area contributed by atoms with Gasteiger partial charge >= 0.3 is 0 Å². The van der Waals surface area contributed by atoms with Gasteiger partial charge in [-0.1, -0.05) is 26.3 Å². The number of nitrogens with zero attached hydrogens (tertiary/aromatic N) is 2. The first-order valence-corrected chi connectivity index (χ1v) is 11.0. The van der Waals surface area contributed by atoms with Gasteiger partial charge in [-0.15, -0.1) is 0 Å². The maximum Gasteiger partial charge on any atom is 0.251 e. The van der Waals surface area contributed by atoms with Crippen LogP contribution in [0.25, 0.3) is 0 Å². The van der Waals surface area contributed by atoms with Crippen LogP contribution in [0.15, 0.2) is 29.2 Å². The minimum Gasteiger partial charge on any atom is -0.350 e. The minimum atomic E-state index is -3.53. The summed E-state index contributed by atoms with van der Waals surface area (Å²) in [7, 11) is -3.53. The average molecular weight is 382 g/mol. The van der Waals surface area contributed by atoms with Crippen LogP contribution in [0.4, 0.5) is 0 Å². The lowest BCUT2D eigenvalue weighted by Gasteiger charge is -2.26. The van der Waals surface area contributed by atoms with Crippen molar-refractivity contribution in [1.29, 1.82) is 0 Å². The number of amides is 1. The van der Waals surface area contributed by atoms with E-state index in [1.807, 2.05) is 0 Å². The van der Waals surface area contributed by atoms with Crippen LogP contribution in [0, 0.1) is 0 Å². The molecule has 1 atom stereocenters. The van der Waals surface area contributed by atoms with Crippen molar-refractivity contribution in [3.05, 3.63) is 29.8 Å². The van der Waals surface area contributed by atoms with Crippen LogP contribution in [-0.4, -0.2) is 62.3 Å². The number of hydrogen-bond acceptors (Lipinski definition) is 4. The van der Waals surface area contributed by atoms with E-state index in [0.717, 1.165) is 32.4 Å². The molecular formula is C19H31N3O3S. The van der Waals surface area contributed by atoms with E-state index in [4.69, 9.17) is 0 Å². The van der Waals surface area contributed by atoms with Crippen LogP contribution >= 0.6 is 0 Å². The molecule has 7 heteroatoms. The number of hydrogen-bond donors (Lipinski definition) is 1. The summed E-state index contributed by atoms with van der Waals surface area (Å²) in [6, 6.07) is 6.58. The van der Waals surface area contributed by atoms with Crippen molar-refractivity contribution in [1.82, 2.24) is 14.5 Å². The quantitative estimate of drug-likeness (QED) is 0.750. The van der Waals surface area contributed by atoms with Crippen LogP contribution in [0.2, 0.25) is 0 Å². The number of sulfonamides is 1. The summed E-state index contributed by atoms with van der Waals surface area (Å²) >= 11 is 0. The van der Waals surface area contributed by atoms with Gasteiger partial charge in [0, 0.05) is 31.2 Å². The van der Waals surface area contributed by atoms with Gasteiger partial charge in [-0.3, -0.25) is 9.69 Å². The standard InChI is InChI=1S/C19H31N3O3S/c1-4-21(5-2)16(3)15-20-19(23)17-10-9-11-18(14-17)26(24,25)22-12-7-6-8-13-22/h9-11,14,16H,4-8,12-13,15H2,1-3H3,(H,20,23). The Bertz CT molecular complexity index is 696. The SMILES string of the molecule is CCN(CC)C(C)CNC(=O)c1cccc(S(=O)(=O)N2CCCCC2)c1. The molecular weight excluding hydrogens is 350 g/mol. The Kier molecular flexibility index (Phi) is 7.61. The molecule has 0 bridgehead atoms. The minimum absolute atomic E-state index is 0.198.